The van der Waals surface area contributed by atoms with Crippen LogP contribution in [0.5, 0.6) is 11.5 Å². The summed E-state index contributed by atoms with van der Waals surface area (Å²) in [6.45, 7) is 0.597. The Balaban J connectivity index is 1.68. The summed E-state index contributed by atoms with van der Waals surface area (Å²) in [6.07, 6.45) is 7.07. The Morgan fingerprint density at radius 1 is 1.00 bits per heavy atom. The maximum atomic E-state index is 12.9. The van der Waals surface area contributed by atoms with Gasteiger partial charge in [-0.2, -0.15) is 0 Å². The number of amides is 3. The lowest BCUT2D eigenvalue weighted by Crippen LogP contribution is -2.50. The van der Waals surface area contributed by atoms with E-state index in [-0.39, 0.29) is 18.0 Å². The van der Waals surface area contributed by atoms with Crippen molar-refractivity contribution < 1.29 is 19.1 Å². The van der Waals surface area contributed by atoms with E-state index in [0.29, 0.717) is 30.2 Å². The number of urea groups is 1. The van der Waals surface area contributed by atoms with Gasteiger partial charge in [0.1, 0.15) is 23.2 Å². The first-order valence-electron chi connectivity index (χ1n) is 9.73. The van der Waals surface area contributed by atoms with Crippen molar-refractivity contribution >= 4 is 17.6 Å². The average Bonchev–Trinajstić information content (AvgIpc) is 3.19. The van der Waals surface area contributed by atoms with Gasteiger partial charge in [0.15, 0.2) is 0 Å². The first-order chi connectivity index (χ1) is 13.1. The first-order valence-corrected chi connectivity index (χ1v) is 9.73. The third-order valence-electron chi connectivity index (χ3n) is 5.43. The molecule has 1 aromatic rings. The number of anilines is 1. The molecule has 1 unspecified atom stereocenters. The van der Waals surface area contributed by atoms with Crippen LogP contribution in [0.3, 0.4) is 0 Å². The maximum absolute atomic E-state index is 12.9. The summed E-state index contributed by atoms with van der Waals surface area (Å²) in [5.74, 6) is 0.840. The second-order valence-electron chi connectivity index (χ2n) is 7.16. The lowest BCUT2D eigenvalue weighted by Gasteiger charge is -2.29. The number of carbonyl (C=O) groups is 2. The molecule has 2 N–H and O–H groups in total. The van der Waals surface area contributed by atoms with Gasteiger partial charge >= 0.3 is 6.03 Å². The van der Waals surface area contributed by atoms with Crippen molar-refractivity contribution in [2.45, 2.75) is 57.0 Å². The van der Waals surface area contributed by atoms with Crippen LogP contribution >= 0.6 is 0 Å². The van der Waals surface area contributed by atoms with Crippen LogP contribution in [0.4, 0.5) is 10.5 Å². The summed E-state index contributed by atoms with van der Waals surface area (Å²) in [5.41, 5.74) is 0.493. The van der Waals surface area contributed by atoms with Gasteiger partial charge in [0, 0.05) is 12.6 Å². The molecule has 1 atom stereocenters. The molecule has 3 amide bonds. The fourth-order valence-corrected chi connectivity index (χ4v) is 3.97. The van der Waals surface area contributed by atoms with Crippen LogP contribution in [0.15, 0.2) is 18.2 Å². The minimum atomic E-state index is -0.483. The summed E-state index contributed by atoms with van der Waals surface area (Å²) in [7, 11) is 3.09. The van der Waals surface area contributed by atoms with Gasteiger partial charge in [0.25, 0.3) is 0 Å². The molecular weight excluding hydrogens is 346 g/mol. The van der Waals surface area contributed by atoms with Gasteiger partial charge in [-0.05, 0) is 37.8 Å². The molecule has 1 heterocycles. The summed E-state index contributed by atoms with van der Waals surface area (Å²) in [4.78, 5) is 27.3. The van der Waals surface area contributed by atoms with E-state index in [2.05, 4.69) is 10.6 Å². The molecule has 2 aliphatic rings. The fraction of sp³-hybridized carbons (Fsp3) is 0.600. The quantitative estimate of drug-likeness (QED) is 0.829. The molecule has 27 heavy (non-hydrogen) atoms. The number of hydrogen-bond donors (Lipinski definition) is 2. The fourth-order valence-electron chi connectivity index (χ4n) is 3.97. The Hall–Kier alpha value is -2.44. The van der Waals surface area contributed by atoms with Crippen molar-refractivity contribution in [1.29, 1.82) is 0 Å². The van der Waals surface area contributed by atoms with Crippen molar-refractivity contribution in [2.75, 3.05) is 26.1 Å². The van der Waals surface area contributed by atoms with Crippen LogP contribution in [-0.4, -0.2) is 49.7 Å². The number of para-hydroxylation sites is 1. The molecular formula is C20H29N3O4. The Morgan fingerprint density at radius 2 is 1.67 bits per heavy atom. The van der Waals surface area contributed by atoms with Crippen LogP contribution in [0.25, 0.3) is 0 Å². The van der Waals surface area contributed by atoms with Gasteiger partial charge < -0.3 is 25.0 Å². The highest BCUT2D eigenvalue weighted by Crippen LogP contribution is 2.35. The zero-order valence-electron chi connectivity index (χ0n) is 16.1. The average molecular weight is 375 g/mol. The third kappa shape index (κ3) is 4.46. The number of nitrogens with zero attached hydrogens (tertiary/aromatic N) is 1. The Bertz CT molecular complexity index is 651. The van der Waals surface area contributed by atoms with Crippen molar-refractivity contribution in [3.8, 4) is 11.5 Å². The van der Waals surface area contributed by atoms with E-state index in [1.54, 1.807) is 37.3 Å². The van der Waals surface area contributed by atoms with Crippen LogP contribution in [0.2, 0.25) is 0 Å². The van der Waals surface area contributed by atoms with E-state index in [0.717, 1.165) is 32.1 Å². The molecule has 0 aromatic heterocycles. The van der Waals surface area contributed by atoms with E-state index < -0.39 is 6.04 Å². The molecule has 1 aliphatic carbocycles. The highest BCUT2D eigenvalue weighted by atomic mass is 16.5. The normalized spacial score (nSPS) is 20.2. The molecule has 7 nitrogen and oxygen atoms in total. The monoisotopic (exact) mass is 375 g/mol. The molecule has 1 aromatic carbocycles. The van der Waals surface area contributed by atoms with E-state index in [9.17, 15) is 9.59 Å². The summed E-state index contributed by atoms with van der Waals surface area (Å²) in [6, 6.07) is 4.94. The van der Waals surface area contributed by atoms with Gasteiger partial charge in [0.05, 0.1) is 14.2 Å². The molecule has 0 radical (unpaired) electrons. The molecule has 1 saturated heterocycles. The summed E-state index contributed by atoms with van der Waals surface area (Å²) < 4.78 is 10.7. The predicted octanol–water partition coefficient (Wildman–Crippen LogP) is 3.15. The number of benzene rings is 1. The number of ether oxygens (including phenoxy) is 2. The molecule has 1 aliphatic heterocycles. The minimum Gasteiger partial charge on any atom is -0.494 e. The lowest BCUT2D eigenvalue weighted by atomic mass is 9.96. The lowest BCUT2D eigenvalue weighted by molar-refractivity contribution is -0.119. The SMILES string of the molecule is COc1cccc(OC)c1NC(=O)C1CCCN1C(=O)NC1CCCCC1. The summed E-state index contributed by atoms with van der Waals surface area (Å²) >= 11 is 0. The number of methoxy groups -OCH3 is 2. The molecule has 7 heteroatoms. The van der Waals surface area contributed by atoms with Crippen molar-refractivity contribution in [1.82, 2.24) is 10.2 Å². The zero-order valence-corrected chi connectivity index (χ0v) is 16.1. The Morgan fingerprint density at radius 3 is 2.30 bits per heavy atom. The number of likely N-dealkylation sites (tertiary alicyclic amines) is 1. The number of carbonyl (C=O) groups excluding carboxylic acids is 2. The van der Waals surface area contributed by atoms with E-state index >= 15 is 0 Å². The van der Waals surface area contributed by atoms with Crippen molar-refractivity contribution in [3.63, 3.8) is 0 Å². The second kappa shape index (κ2) is 8.97. The third-order valence-corrected chi connectivity index (χ3v) is 5.43. The van der Waals surface area contributed by atoms with Gasteiger partial charge in [-0.15, -0.1) is 0 Å². The minimum absolute atomic E-state index is 0.133. The molecule has 0 spiro atoms. The molecule has 148 valence electrons. The van der Waals surface area contributed by atoms with Gasteiger partial charge in [-0.1, -0.05) is 25.3 Å². The first kappa shape index (κ1) is 19.3. The molecule has 3 rings (SSSR count). The number of rotatable bonds is 5. The Kier molecular flexibility index (Phi) is 6.42. The molecule has 1 saturated carbocycles. The number of hydrogen-bond acceptors (Lipinski definition) is 4. The van der Waals surface area contributed by atoms with Gasteiger partial charge in [-0.3, -0.25) is 4.79 Å². The standard InChI is InChI=1S/C20H29N3O4/c1-26-16-11-6-12-17(27-2)18(16)22-19(24)15-10-7-13-23(15)20(25)21-14-8-4-3-5-9-14/h6,11-12,14-15H,3-5,7-10,13H2,1-2H3,(H,21,25)(H,22,24). The van der Waals surface area contributed by atoms with Gasteiger partial charge in [0.2, 0.25) is 5.91 Å². The Labute approximate surface area is 160 Å². The van der Waals surface area contributed by atoms with E-state index in [1.807, 2.05) is 0 Å². The largest absolute Gasteiger partial charge is 0.494 e. The highest BCUT2D eigenvalue weighted by molar-refractivity contribution is 5.99. The maximum Gasteiger partial charge on any atom is 0.318 e. The summed E-state index contributed by atoms with van der Waals surface area (Å²) in [5, 5.41) is 6.01. The van der Waals surface area contributed by atoms with Crippen LogP contribution in [0.1, 0.15) is 44.9 Å². The van der Waals surface area contributed by atoms with Crippen LogP contribution < -0.4 is 20.1 Å². The smallest absolute Gasteiger partial charge is 0.318 e. The molecule has 0 bridgehead atoms. The van der Waals surface area contributed by atoms with Crippen molar-refractivity contribution in [2.24, 2.45) is 0 Å². The van der Waals surface area contributed by atoms with Crippen LogP contribution in [-0.2, 0) is 4.79 Å². The second-order valence-corrected chi connectivity index (χ2v) is 7.16. The van der Waals surface area contributed by atoms with Crippen LogP contribution in [0, 0.1) is 0 Å². The topological polar surface area (TPSA) is 79.9 Å². The zero-order chi connectivity index (χ0) is 19.2. The van der Waals surface area contributed by atoms with Gasteiger partial charge in [-0.25, -0.2) is 4.79 Å². The van der Waals surface area contributed by atoms with E-state index in [4.69, 9.17) is 9.47 Å². The molecule has 2 fully saturated rings. The number of nitrogens with one attached hydrogen (secondary N) is 2. The van der Waals surface area contributed by atoms with Crippen molar-refractivity contribution in [3.05, 3.63) is 18.2 Å². The van der Waals surface area contributed by atoms with E-state index in [1.165, 1.54) is 6.42 Å². The predicted molar refractivity (Wildman–Crippen MR) is 103 cm³/mol. The highest BCUT2D eigenvalue weighted by Gasteiger charge is 2.35.